The molecule has 0 spiro atoms. The molecule has 1 aliphatic rings. The lowest BCUT2D eigenvalue weighted by molar-refractivity contribution is -0.138. The zero-order valence-corrected chi connectivity index (χ0v) is 5.10. The molecule has 0 aromatic rings. The highest BCUT2D eigenvalue weighted by molar-refractivity contribution is 5.98. The SMILES string of the molecule is CC1CC(=C=N)C(=O)O1. The van der Waals surface area contributed by atoms with Crippen LogP contribution in [0.1, 0.15) is 13.3 Å². The van der Waals surface area contributed by atoms with E-state index < -0.39 is 5.97 Å². The molecule has 1 saturated heterocycles. The summed E-state index contributed by atoms with van der Waals surface area (Å²) in [5.41, 5.74) is 0.350. The summed E-state index contributed by atoms with van der Waals surface area (Å²) in [6.45, 7) is 1.79. The molecule has 0 saturated carbocycles. The van der Waals surface area contributed by atoms with Crippen LogP contribution in [0.3, 0.4) is 0 Å². The number of rotatable bonds is 0. The molecule has 0 aromatic carbocycles. The van der Waals surface area contributed by atoms with Crippen LogP contribution in [-0.4, -0.2) is 17.9 Å². The van der Waals surface area contributed by atoms with E-state index >= 15 is 0 Å². The lowest BCUT2D eigenvalue weighted by atomic mass is 10.2. The summed E-state index contributed by atoms with van der Waals surface area (Å²) in [6.07, 6.45) is 0.466. The fourth-order valence-electron chi connectivity index (χ4n) is 0.768. The van der Waals surface area contributed by atoms with E-state index in [1.807, 2.05) is 5.87 Å². The fraction of sp³-hybridized carbons (Fsp3) is 0.500. The number of esters is 1. The number of hydrogen-bond donors (Lipinski definition) is 1. The van der Waals surface area contributed by atoms with Crippen molar-refractivity contribution >= 4 is 11.8 Å². The topological polar surface area (TPSA) is 50.2 Å². The molecular weight excluding hydrogens is 118 g/mol. The quantitative estimate of drug-likeness (QED) is 0.291. The van der Waals surface area contributed by atoms with Crippen molar-refractivity contribution in [2.45, 2.75) is 19.4 Å². The zero-order valence-electron chi connectivity index (χ0n) is 5.10. The van der Waals surface area contributed by atoms with Crippen molar-refractivity contribution in [1.82, 2.24) is 0 Å². The van der Waals surface area contributed by atoms with Gasteiger partial charge in [0.2, 0.25) is 0 Å². The van der Waals surface area contributed by atoms with Gasteiger partial charge in [0.25, 0.3) is 0 Å². The Bertz CT molecular complexity index is 191. The van der Waals surface area contributed by atoms with Crippen molar-refractivity contribution in [2.24, 2.45) is 0 Å². The zero-order chi connectivity index (χ0) is 6.85. The Labute approximate surface area is 52.8 Å². The molecule has 9 heavy (non-hydrogen) atoms. The van der Waals surface area contributed by atoms with Crippen LogP contribution in [-0.2, 0) is 9.53 Å². The molecule has 0 amide bonds. The Morgan fingerprint density at radius 1 is 1.89 bits per heavy atom. The van der Waals surface area contributed by atoms with E-state index in [-0.39, 0.29) is 6.10 Å². The Morgan fingerprint density at radius 3 is 2.78 bits per heavy atom. The smallest absolute Gasteiger partial charge is 0.343 e. The van der Waals surface area contributed by atoms with E-state index in [0.717, 1.165) is 0 Å². The Morgan fingerprint density at radius 2 is 2.56 bits per heavy atom. The molecule has 1 aliphatic heterocycles. The lowest BCUT2D eigenvalue weighted by Crippen LogP contribution is -1.99. The van der Waals surface area contributed by atoms with Crippen LogP contribution in [0.15, 0.2) is 5.57 Å². The third kappa shape index (κ3) is 1.00. The maximum absolute atomic E-state index is 10.6. The second kappa shape index (κ2) is 2.03. The van der Waals surface area contributed by atoms with Crippen LogP contribution in [0.25, 0.3) is 0 Å². The van der Waals surface area contributed by atoms with Gasteiger partial charge in [0, 0.05) is 6.42 Å². The Kier molecular flexibility index (Phi) is 1.37. The first-order chi connectivity index (χ1) is 4.24. The fourth-order valence-corrected chi connectivity index (χ4v) is 0.768. The molecule has 1 rings (SSSR count). The van der Waals surface area contributed by atoms with Gasteiger partial charge in [-0.25, -0.2) is 4.79 Å². The number of hydrogen-bond acceptors (Lipinski definition) is 3. The van der Waals surface area contributed by atoms with Gasteiger partial charge >= 0.3 is 5.97 Å². The largest absolute Gasteiger partial charge is 0.458 e. The molecule has 1 unspecified atom stereocenters. The summed E-state index contributed by atoms with van der Waals surface area (Å²) in [6, 6.07) is 0. The minimum Gasteiger partial charge on any atom is -0.458 e. The third-order valence-electron chi connectivity index (χ3n) is 1.20. The highest BCUT2D eigenvalue weighted by Crippen LogP contribution is 2.16. The minimum atomic E-state index is -0.391. The first-order valence-corrected chi connectivity index (χ1v) is 2.73. The molecular formula is C6H7NO2. The summed E-state index contributed by atoms with van der Waals surface area (Å²) in [5.74, 6) is 1.65. The summed E-state index contributed by atoms with van der Waals surface area (Å²) in [4.78, 5) is 10.6. The second-order valence-corrected chi connectivity index (χ2v) is 2.02. The Hall–Kier alpha value is -1.08. The van der Waals surface area contributed by atoms with E-state index in [4.69, 9.17) is 10.1 Å². The van der Waals surface area contributed by atoms with Crippen LogP contribution >= 0.6 is 0 Å². The van der Waals surface area contributed by atoms with E-state index in [9.17, 15) is 4.79 Å². The van der Waals surface area contributed by atoms with Gasteiger partial charge in [-0.15, -0.1) is 0 Å². The summed E-state index contributed by atoms with van der Waals surface area (Å²) < 4.78 is 4.71. The second-order valence-electron chi connectivity index (χ2n) is 2.02. The van der Waals surface area contributed by atoms with Crippen LogP contribution in [0.2, 0.25) is 0 Å². The van der Waals surface area contributed by atoms with Gasteiger partial charge in [-0.1, -0.05) is 0 Å². The monoisotopic (exact) mass is 125 g/mol. The van der Waals surface area contributed by atoms with Crippen LogP contribution in [0.5, 0.6) is 0 Å². The number of ether oxygens (including phenoxy) is 1. The van der Waals surface area contributed by atoms with Gasteiger partial charge in [0.15, 0.2) is 0 Å². The van der Waals surface area contributed by atoms with Gasteiger partial charge in [0.05, 0.1) is 0 Å². The predicted molar refractivity (Wildman–Crippen MR) is 31.4 cm³/mol. The molecule has 3 nitrogen and oxygen atoms in total. The molecule has 1 heterocycles. The molecule has 0 bridgehead atoms. The lowest BCUT2D eigenvalue weighted by Gasteiger charge is -1.94. The van der Waals surface area contributed by atoms with Crippen LogP contribution in [0, 0.1) is 5.41 Å². The normalized spacial score (nSPS) is 25.7. The van der Waals surface area contributed by atoms with Gasteiger partial charge in [-0.3, -0.25) is 5.41 Å². The first kappa shape index (κ1) is 6.05. The number of carbonyl (C=O) groups excluding carboxylic acids is 1. The average molecular weight is 125 g/mol. The van der Waals surface area contributed by atoms with Crippen molar-refractivity contribution in [3.8, 4) is 0 Å². The van der Waals surface area contributed by atoms with Crippen molar-refractivity contribution in [2.75, 3.05) is 0 Å². The molecule has 1 N–H and O–H groups in total. The van der Waals surface area contributed by atoms with Crippen LogP contribution in [0.4, 0.5) is 0 Å². The Balaban J connectivity index is 2.81. The van der Waals surface area contributed by atoms with Crippen molar-refractivity contribution in [3.63, 3.8) is 0 Å². The number of cyclic esters (lactones) is 1. The molecule has 1 fully saturated rings. The van der Waals surface area contributed by atoms with Crippen molar-refractivity contribution < 1.29 is 9.53 Å². The number of nitrogens with one attached hydrogen (secondary N) is 1. The highest BCUT2D eigenvalue weighted by atomic mass is 16.5. The predicted octanol–water partition coefficient (Wildman–Crippen LogP) is 0.497. The maximum Gasteiger partial charge on any atom is 0.343 e. The van der Waals surface area contributed by atoms with Crippen LogP contribution < -0.4 is 0 Å². The summed E-state index contributed by atoms with van der Waals surface area (Å²) in [5, 5.41) is 6.63. The van der Waals surface area contributed by atoms with Gasteiger partial charge in [-0.2, -0.15) is 0 Å². The number of carbonyl (C=O) groups is 1. The first-order valence-electron chi connectivity index (χ1n) is 2.73. The van der Waals surface area contributed by atoms with Gasteiger partial charge in [-0.05, 0) is 12.8 Å². The third-order valence-corrected chi connectivity index (χ3v) is 1.20. The van der Waals surface area contributed by atoms with E-state index in [1.165, 1.54) is 0 Å². The molecule has 0 radical (unpaired) electrons. The van der Waals surface area contributed by atoms with Crippen molar-refractivity contribution in [3.05, 3.63) is 5.57 Å². The molecule has 3 heteroatoms. The standard InChI is InChI=1S/C6H7NO2/c1-4-2-5(3-7)6(8)9-4/h4,7H,2H2,1H3. The van der Waals surface area contributed by atoms with E-state index in [2.05, 4.69) is 0 Å². The maximum atomic E-state index is 10.6. The molecule has 0 aliphatic carbocycles. The summed E-state index contributed by atoms with van der Waals surface area (Å²) >= 11 is 0. The summed E-state index contributed by atoms with van der Waals surface area (Å²) in [7, 11) is 0. The van der Waals surface area contributed by atoms with E-state index in [1.54, 1.807) is 6.92 Å². The van der Waals surface area contributed by atoms with E-state index in [0.29, 0.717) is 12.0 Å². The minimum absolute atomic E-state index is 0.0645. The van der Waals surface area contributed by atoms with Gasteiger partial charge in [0.1, 0.15) is 11.7 Å². The highest BCUT2D eigenvalue weighted by Gasteiger charge is 2.25. The average Bonchev–Trinajstić information content (AvgIpc) is 2.10. The van der Waals surface area contributed by atoms with Gasteiger partial charge < -0.3 is 4.74 Å². The molecule has 48 valence electrons. The van der Waals surface area contributed by atoms with Crippen molar-refractivity contribution in [1.29, 1.82) is 5.41 Å². The molecule has 1 atom stereocenters. The molecule has 0 aromatic heterocycles.